The highest BCUT2D eigenvalue weighted by atomic mass is 32.2. The number of aromatic amines is 2. The third-order valence-corrected chi connectivity index (χ3v) is 5.22. The van der Waals surface area contributed by atoms with Crippen molar-refractivity contribution in [2.75, 3.05) is 5.32 Å². The fraction of sp³-hybridized carbons (Fsp3) is 0.0476. The predicted octanol–water partition coefficient (Wildman–Crippen LogP) is 4.40. The molecule has 134 valence electrons. The topological polar surface area (TPSA) is 77.8 Å². The average Bonchev–Trinajstić information content (AvgIpc) is 3.07. The van der Waals surface area contributed by atoms with Gasteiger partial charge in [-0.1, -0.05) is 30.3 Å². The number of nitrogens with one attached hydrogen (secondary N) is 3. The third kappa shape index (κ3) is 4.12. The zero-order valence-electron chi connectivity index (χ0n) is 14.4. The summed E-state index contributed by atoms with van der Waals surface area (Å²) in [5, 5.41) is 2.86. The molecular formula is C21H17N3O2S. The van der Waals surface area contributed by atoms with Crippen LogP contribution < -0.4 is 11.0 Å². The quantitative estimate of drug-likeness (QED) is 0.453. The molecule has 0 spiro atoms. The van der Waals surface area contributed by atoms with Crippen LogP contribution in [0.2, 0.25) is 0 Å². The molecule has 0 saturated carbocycles. The Morgan fingerprint density at radius 3 is 2.41 bits per heavy atom. The van der Waals surface area contributed by atoms with Gasteiger partial charge in [0.05, 0.1) is 11.0 Å². The summed E-state index contributed by atoms with van der Waals surface area (Å²) < 4.78 is 0. The molecule has 0 atom stereocenters. The molecular weight excluding hydrogens is 358 g/mol. The largest absolute Gasteiger partial charge is 0.323 e. The maximum absolute atomic E-state index is 12.4. The lowest BCUT2D eigenvalue weighted by atomic mass is 10.2. The number of rotatable bonds is 5. The summed E-state index contributed by atoms with van der Waals surface area (Å²) in [6.45, 7) is 0. The van der Waals surface area contributed by atoms with Gasteiger partial charge in [0.25, 0.3) is 5.91 Å². The van der Waals surface area contributed by atoms with Crippen molar-refractivity contribution in [1.82, 2.24) is 9.97 Å². The molecule has 4 aromatic rings. The van der Waals surface area contributed by atoms with Crippen LogP contribution in [0.5, 0.6) is 0 Å². The molecule has 27 heavy (non-hydrogen) atoms. The number of H-pyrrole nitrogens is 2. The van der Waals surface area contributed by atoms with E-state index < -0.39 is 0 Å². The van der Waals surface area contributed by atoms with Gasteiger partial charge in [0.2, 0.25) is 0 Å². The molecule has 0 aliphatic carbocycles. The number of carbonyl (C=O) groups is 1. The number of amides is 1. The van der Waals surface area contributed by atoms with E-state index in [-0.39, 0.29) is 11.6 Å². The number of carbonyl (C=O) groups excluding carboxylic acids is 1. The maximum atomic E-state index is 12.4. The minimum Gasteiger partial charge on any atom is -0.322 e. The van der Waals surface area contributed by atoms with Crippen molar-refractivity contribution in [3.05, 3.63) is 94.4 Å². The smallest absolute Gasteiger partial charge is 0.322 e. The Bertz CT molecular complexity index is 1130. The van der Waals surface area contributed by atoms with E-state index in [1.165, 1.54) is 5.56 Å². The first-order valence-corrected chi connectivity index (χ1v) is 9.46. The highest BCUT2D eigenvalue weighted by Gasteiger charge is 2.08. The highest BCUT2D eigenvalue weighted by molar-refractivity contribution is 7.98. The van der Waals surface area contributed by atoms with Crippen molar-refractivity contribution < 1.29 is 4.79 Å². The molecule has 6 heteroatoms. The minimum absolute atomic E-state index is 0.188. The van der Waals surface area contributed by atoms with Crippen molar-refractivity contribution >= 4 is 34.4 Å². The van der Waals surface area contributed by atoms with E-state index in [9.17, 15) is 9.59 Å². The van der Waals surface area contributed by atoms with Gasteiger partial charge >= 0.3 is 5.69 Å². The van der Waals surface area contributed by atoms with Crippen LogP contribution in [0.1, 0.15) is 15.9 Å². The zero-order valence-corrected chi connectivity index (χ0v) is 15.2. The number of hydrogen-bond acceptors (Lipinski definition) is 3. The molecule has 0 unspecified atom stereocenters. The average molecular weight is 375 g/mol. The Balaban J connectivity index is 1.41. The van der Waals surface area contributed by atoms with E-state index in [4.69, 9.17) is 0 Å². The molecule has 0 fully saturated rings. The van der Waals surface area contributed by atoms with Gasteiger partial charge in [-0.05, 0) is 48.0 Å². The first-order valence-electron chi connectivity index (χ1n) is 8.47. The summed E-state index contributed by atoms with van der Waals surface area (Å²) in [5.41, 5.74) is 3.58. The van der Waals surface area contributed by atoms with Crippen molar-refractivity contribution in [2.24, 2.45) is 0 Å². The number of benzene rings is 3. The molecule has 0 bridgehead atoms. The summed E-state index contributed by atoms with van der Waals surface area (Å²) in [6.07, 6.45) is 0. The van der Waals surface area contributed by atoms with Crippen molar-refractivity contribution in [3.63, 3.8) is 0 Å². The fourth-order valence-electron chi connectivity index (χ4n) is 2.76. The standard InChI is InChI=1S/C21H17N3O2S/c25-20(22-16-8-11-18-19(12-16)24-21(26)23-18)15-6-9-17(10-7-15)27-13-14-4-2-1-3-5-14/h1-12H,13H2,(H,22,25)(H2,23,24,26). The second kappa shape index (κ2) is 7.55. The van der Waals surface area contributed by atoms with Gasteiger partial charge < -0.3 is 15.3 Å². The third-order valence-electron chi connectivity index (χ3n) is 4.14. The molecule has 4 rings (SSSR count). The number of hydrogen-bond donors (Lipinski definition) is 3. The predicted molar refractivity (Wildman–Crippen MR) is 109 cm³/mol. The van der Waals surface area contributed by atoms with E-state index in [2.05, 4.69) is 27.4 Å². The molecule has 3 aromatic carbocycles. The number of imidazole rings is 1. The van der Waals surface area contributed by atoms with Crippen molar-refractivity contribution in [3.8, 4) is 0 Å². The van der Waals surface area contributed by atoms with E-state index in [0.717, 1.165) is 10.6 Å². The maximum Gasteiger partial charge on any atom is 0.323 e. The summed E-state index contributed by atoms with van der Waals surface area (Å²) in [5.74, 6) is 0.702. The molecule has 1 heterocycles. The summed E-state index contributed by atoms with van der Waals surface area (Å²) in [4.78, 5) is 30.2. The minimum atomic E-state index is -0.267. The highest BCUT2D eigenvalue weighted by Crippen LogP contribution is 2.23. The van der Waals surface area contributed by atoms with Crippen molar-refractivity contribution in [1.29, 1.82) is 0 Å². The van der Waals surface area contributed by atoms with Crippen LogP contribution in [0.25, 0.3) is 11.0 Å². The number of thioether (sulfide) groups is 1. The lowest BCUT2D eigenvalue weighted by Crippen LogP contribution is -2.11. The Morgan fingerprint density at radius 1 is 0.889 bits per heavy atom. The molecule has 0 aliphatic heterocycles. The molecule has 0 saturated heterocycles. The normalized spacial score (nSPS) is 10.8. The van der Waals surface area contributed by atoms with Gasteiger partial charge in [0.1, 0.15) is 0 Å². The van der Waals surface area contributed by atoms with E-state index in [0.29, 0.717) is 22.3 Å². The lowest BCUT2D eigenvalue weighted by molar-refractivity contribution is 0.102. The molecule has 1 aromatic heterocycles. The van der Waals surface area contributed by atoms with Gasteiger partial charge in [-0.2, -0.15) is 0 Å². The van der Waals surface area contributed by atoms with Gasteiger partial charge in [-0.25, -0.2) is 4.79 Å². The Labute approximate surface area is 159 Å². The van der Waals surface area contributed by atoms with Gasteiger partial charge in [0, 0.05) is 21.9 Å². The van der Waals surface area contributed by atoms with Crippen LogP contribution in [0.15, 0.2) is 82.5 Å². The van der Waals surface area contributed by atoms with E-state index >= 15 is 0 Å². The Morgan fingerprint density at radius 2 is 1.63 bits per heavy atom. The molecule has 1 amide bonds. The SMILES string of the molecule is O=C(Nc1ccc2[nH]c(=O)[nH]c2c1)c1ccc(SCc2ccccc2)cc1. The molecule has 3 N–H and O–H groups in total. The van der Waals surface area contributed by atoms with Crippen LogP contribution in [-0.2, 0) is 5.75 Å². The van der Waals surface area contributed by atoms with Crippen molar-refractivity contribution in [2.45, 2.75) is 10.6 Å². The van der Waals surface area contributed by atoms with Gasteiger partial charge in [-0.15, -0.1) is 11.8 Å². The van der Waals surface area contributed by atoms with Crippen LogP contribution in [0.3, 0.4) is 0 Å². The van der Waals surface area contributed by atoms with Gasteiger partial charge in [0.15, 0.2) is 0 Å². The lowest BCUT2D eigenvalue weighted by Gasteiger charge is -2.07. The summed E-state index contributed by atoms with van der Waals surface area (Å²) in [6, 6.07) is 23.1. The Hall–Kier alpha value is -3.25. The number of anilines is 1. The fourth-order valence-corrected chi connectivity index (χ4v) is 3.61. The first-order chi connectivity index (χ1) is 13.2. The van der Waals surface area contributed by atoms with Crippen LogP contribution in [0.4, 0.5) is 5.69 Å². The molecule has 0 radical (unpaired) electrons. The molecule has 5 nitrogen and oxygen atoms in total. The number of aromatic nitrogens is 2. The monoisotopic (exact) mass is 375 g/mol. The van der Waals surface area contributed by atoms with E-state index in [1.54, 1.807) is 30.0 Å². The number of fused-ring (bicyclic) bond motifs is 1. The van der Waals surface area contributed by atoms with E-state index in [1.807, 2.05) is 42.5 Å². The van der Waals surface area contributed by atoms with Crippen LogP contribution >= 0.6 is 11.8 Å². The summed E-state index contributed by atoms with van der Waals surface area (Å²) >= 11 is 1.73. The van der Waals surface area contributed by atoms with Crippen LogP contribution in [-0.4, -0.2) is 15.9 Å². The second-order valence-electron chi connectivity index (χ2n) is 6.09. The van der Waals surface area contributed by atoms with Crippen LogP contribution in [0, 0.1) is 0 Å². The summed E-state index contributed by atoms with van der Waals surface area (Å²) in [7, 11) is 0. The first kappa shape index (κ1) is 17.2. The molecule has 0 aliphatic rings. The Kier molecular flexibility index (Phi) is 4.80. The second-order valence-corrected chi connectivity index (χ2v) is 7.14. The zero-order chi connectivity index (χ0) is 18.6. The van der Waals surface area contributed by atoms with Gasteiger partial charge in [-0.3, -0.25) is 4.79 Å².